The predicted molar refractivity (Wildman–Crippen MR) is 111 cm³/mol. The molecular formula is C20H32O4SSi. The number of carbonyl (C=O) groups excluding carboxylic acids is 1. The first-order valence-electron chi connectivity index (χ1n) is 8.79. The Hall–Kier alpha value is -1.08. The average Bonchev–Trinajstić information content (AvgIpc) is 2.58. The Morgan fingerprint density at radius 3 is 2.35 bits per heavy atom. The van der Waals surface area contributed by atoms with Crippen molar-refractivity contribution in [3.05, 3.63) is 43.0 Å². The molecule has 1 aromatic carbocycles. The summed E-state index contributed by atoms with van der Waals surface area (Å²) < 4.78 is 11.4. The molecule has 1 N–H and O–H groups in total. The number of thioether (sulfide) groups is 1. The van der Waals surface area contributed by atoms with Crippen LogP contribution in [0, 0.1) is 0 Å². The number of ether oxygens (including phenoxy) is 1. The summed E-state index contributed by atoms with van der Waals surface area (Å²) in [4.78, 5) is 13.0. The van der Waals surface area contributed by atoms with E-state index in [0.717, 1.165) is 4.90 Å². The molecule has 0 spiro atoms. The minimum atomic E-state index is -2.16. The van der Waals surface area contributed by atoms with Crippen molar-refractivity contribution in [2.45, 2.75) is 67.7 Å². The smallest absolute Gasteiger partial charge is 0.306 e. The van der Waals surface area contributed by atoms with Crippen LogP contribution in [0.5, 0.6) is 0 Å². The standard InChI is InChI=1S/C20H32O4SSi/c1-8-16(21)19(24-26(6,7)20(2,3)4)17(14-18(22)23-5)25-15-12-10-9-11-13-15/h8-13,16-17,19,21H,1,14H2,2-7H3/t16-,17?,19+/m0/s1. The lowest BCUT2D eigenvalue weighted by Crippen LogP contribution is -2.50. The van der Waals surface area contributed by atoms with E-state index >= 15 is 0 Å². The fourth-order valence-corrected chi connectivity index (χ4v) is 4.83. The average molecular weight is 397 g/mol. The molecule has 1 unspecified atom stereocenters. The van der Waals surface area contributed by atoms with Crippen LogP contribution in [-0.4, -0.2) is 44.0 Å². The number of aliphatic hydroxyl groups is 1. The van der Waals surface area contributed by atoms with Gasteiger partial charge in [0.1, 0.15) is 0 Å². The predicted octanol–water partition coefficient (Wildman–Crippen LogP) is 4.65. The van der Waals surface area contributed by atoms with Crippen LogP contribution in [0.25, 0.3) is 0 Å². The molecule has 4 nitrogen and oxygen atoms in total. The lowest BCUT2D eigenvalue weighted by molar-refractivity contribution is -0.141. The van der Waals surface area contributed by atoms with E-state index in [1.54, 1.807) is 0 Å². The van der Waals surface area contributed by atoms with E-state index < -0.39 is 20.5 Å². The van der Waals surface area contributed by atoms with Crippen LogP contribution >= 0.6 is 11.8 Å². The van der Waals surface area contributed by atoms with E-state index in [1.165, 1.54) is 24.9 Å². The number of carbonyl (C=O) groups is 1. The third-order valence-electron chi connectivity index (χ3n) is 4.81. The van der Waals surface area contributed by atoms with Crippen molar-refractivity contribution in [3.63, 3.8) is 0 Å². The molecule has 0 aliphatic rings. The summed E-state index contributed by atoms with van der Waals surface area (Å²) in [5.41, 5.74) is 0. The SMILES string of the molecule is C=C[C@H](O)[C@@H](O[Si](C)(C)C(C)(C)C)C(CC(=O)OC)Sc1ccccc1. The molecule has 1 aromatic rings. The summed E-state index contributed by atoms with van der Waals surface area (Å²) in [6.45, 7) is 14.4. The number of hydrogen-bond acceptors (Lipinski definition) is 5. The van der Waals surface area contributed by atoms with Crippen molar-refractivity contribution in [1.82, 2.24) is 0 Å². The quantitative estimate of drug-likeness (QED) is 0.285. The fourth-order valence-electron chi connectivity index (χ4n) is 2.16. The molecule has 26 heavy (non-hydrogen) atoms. The van der Waals surface area contributed by atoms with Gasteiger partial charge < -0.3 is 14.3 Å². The topological polar surface area (TPSA) is 55.8 Å². The Morgan fingerprint density at radius 2 is 1.88 bits per heavy atom. The number of hydrogen-bond donors (Lipinski definition) is 1. The van der Waals surface area contributed by atoms with Crippen LogP contribution in [0.2, 0.25) is 18.1 Å². The number of rotatable bonds is 9. The summed E-state index contributed by atoms with van der Waals surface area (Å²) in [6.07, 6.45) is 0.223. The first kappa shape index (κ1) is 23.0. The maximum absolute atomic E-state index is 12.0. The summed E-state index contributed by atoms with van der Waals surface area (Å²) in [5, 5.41) is 10.3. The molecule has 0 aliphatic carbocycles. The lowest BCUT2D eigenvalue weighted by Gasteiger charge is -2.42. The first-order valence-corrected chi connectivity index (χ1v) is 12.6. The fraction of sp³-hybridized carbons (Fsp3) is 0.550. The maximum atomic E-state index is 12.0. The van der Waals surface area contributed by atoms with Crippen molar-refractivity contribution < 1.29 is 19.1 Å². The second kappa shape index (κ2) is 9.74. The van der Waals surface area contributed by atoms with E-state index in [1.807, 2.05) is 30.3 Å². The summed E-state index contributed by atoms with van der Waals surface area (Å²) in [7, 11) is -0.786. The van der Waals surface area contributed by atoms with Crippen molar-refractivity contribution in [1.29, 1.82) is 0 Å². The van der Waals surface area contributed by atoms with Gasteiger partial charge in [-0.3, -0.25) is 4.79 Å². The zero-order valence-corrected chi connectivity index (χ0v) is 18.5. The van der Waals surface area contributed by atoms with Crippen LogP contribution in [-0.2, 0) is 14.0 Å². The van der Waals surface area contributed by atoms with Crippen molar-refractivity contribution in [2.24, 2.45) is 0 Å². The van der Waals surface area contributed by atoms with Gasteiger partial charge in [-0.15, -0.1) is 18.3 Å². The zero-order chi connectivity index (χ0) is 20.0. The zero-order valence-electron chi connectivity index (χ0n) is 16.7. The van der Waals surface area contributed by atoms with E-state index in [2.05, 4.69) is 40.4 Å². The van der Waals surface area contributed by atoms with E-state index in [0.29, 0.717) is 0 Å². The minimum Gasteiger partial charge on any atom is -0.469 e. The maximum Gasteiger partial charge on any atom is 0.306 e. The Balaban J connectivity index is 3.18. The van der Waals surface area contributed by atoms with Crippen molar-refractivity contribution in [2.75, 3.05) is 7.11 Å². The summed E-state index contributed by atoms with van der Waals surface area (Å²) in [6, 6.07) is 9.81. The number of esters is 1. The normalized spacial score (nSPS) is 15.8. The highest BCUT2D eigenvalue weighted by atomic mass is 32.2. The van der Waals surface area contributed by atoms with Crippen LogP contribution in [0.3, 0.4) is 0 Å². The largest absolute Gasteiger partial charge is 0.469 e. The molecular weight excluding hydrogens is 364 g/mol. The van der Waals surface area contributed by atoms with Gasteiger partial charge in [-0.25, -0.2) is 0 Å². The Labute approximate surface area is 163 Å². The van der Waals surface area contributed by atoms with Crippen LogP contribution in [0.15, 0.2) is 47.9 Å². The Bertz CT molecular complexity index is 583. The third kappa shape index (κ3) is 6.58. The molecule has 0 aromatic heterocycles. The van der Waals surface area contributed by atoms with E-state index in [9.17, 15) is 9.90 Å². The summed E-state index contributed by atoms with van der Waals surface area (Å²) >= 11 is 1.52. The highest BCUT2D eigenvalue weighted by Gasteiger charge is 2.43. The van der Waals surface area contributed by atoms with Crippen LogP contribution < -0.4 is 0 Å². The highest BCUT2D eigenvalue weighted by molar-refractivity contribution is 8.00. The second-order valence-corrected chi connectivity index (χ2v) is 13.9. The molecule has 0 saturated carbocycles. The molecule has 0 radical (unpaired) electrons. The lowest BCUT2D eigenvalue weighted by atomic mass is 10.1. The molecule has 1 rings (SSSR count). The Morgan fingerprint density at radius 1 is 1.31 bits per heavy atom. The molecule has 0 heterocycles. The van der Waals surface area contributed by atoms with E-state index in [4.69, 9.17) is 9.16 Å². The third-order valence-corrected chi connectivity index (χ3v) is 10.6. The summed E-state index contributed by atoms with van der Waals surface area (Å²) in [5.74, 6) is -0.321. The monoisotopic (exact) mass is 396 g/mol. The Kier molecular flexibility index (Phi) is 8.60. The molecule has 0 bridgehead atoms. The second-order valence-electron chi connectivity index (χ2n) is 7.82. The number of aliphatic hydroxyl groups excluding tert-OH is 1. The van der Waals surface area contributed by atoms with Crippen molar-refractivity contribution in [3.8, 4) is 0 Å². The minimum absolute atomic E-state index is 0.0145. The van der Waals surface area contributed by atoms with E-state index in [-0.39, 0.29) is 22.7 Å². The van der Waals surface area contributed by atoms with Gasteiger partial charge in [0.2, 0.25) is 0 Å². The van der Waals surface area contributed by atoms with Gasteiger partial charge in [0, 0.05) is 10.1 Å². The highest BCUT2D eigenvalue weighted by Crippen LogP contribution is 2.40. The molecule has 0 fully saturated rings. The molecule has 0 amide bonds. The van der Waals surface area contributed by atoms with Gasteiger partial charge in [0.25, 0.3) is 0 Å². The molecule has 0 aliphatic heterocycles. The van der Waals surface area contributed by atoms with Gasteiger partial charge in [-0.2, -0.15) is 0 Å². The molecule has 3 atom stereocenters. The molecule has 6 heteroatoms. The molecule has 146 valence electrons. The van der Waals surface area contributed by atoms with Gasteiger partial charge in [-0.05, 0) is 30.3 Å². The van der Waals surface area contributed by atoms with Gasteiger partial charge in [0.05, 0.1) is 25.7 Å². The van der Waals surface area contributed by atoms with Gasteiger partial charge >= 0.3 is 5.97 Å². The van der Waals surface area contributed by atoms with Gasteiger partial charge in [0.15, 0.2) is 8.32 Å². The van der Waals surface area contributed by atoms with Crippen molar-refractivity contribution >= 4 is 26.0 Å². The molecule has 0 saturated heterocycles. The number of methoxy groups -OCH3 is 1. The van der Waals surface area contributed by atoms with Crippen LogP contribution in [0.4, 0.5) is 0 Å². The first-order chi connectivity index (χ1) is 12.0. The number of benzene rings is 1. The van der Waals surface area contributed by atoms with Crippen LogP contribution in [0.1, 0.15) is 27.2 Å². The van der Waals surface area contributed by atoms with Gasteiger partial charge in [-0.1, -0.05) is 45.0 Å².